The highest BCUT2D eigenvalue weighted by Crippen LogP contribution is 2.26. The van der Waals surface area contributed by atoms with Gasteiger partial charge in [-0.25, -0.2) is 0 Å². The van der Waals surface area contributed by atoms with E-state index in [0.29, 0.717) is 18.5 Å². The zero-order valence-corrected chi connectivity index (χ0v) is 18.0. The van der Waals surface area contributed by atoms with E-state index in [1.54, 1.807) is 7.11 Å². The number of rotatable bonds is 7. The first-order valence-electron chi connectivity index (χ1n) is 9.08. The van der Waals surface area contributed by atoms with Crippen LogP contribution in [0.1, 0.15) is 51.1 Å². The Bertz CT molecular complexity index is 515. The van der Waals surface area contributed by atoms with Gasteiger partial charge < -0.3 is 15.8 Å². The number of nitrogens with one attached hydrogen (secondary N) is 1. The van der Waals surface area contributed by atoms with E-state index in [1.165, 1.54) is 24.8 Å². The zero-order chi connectivity index (χ0) is 17.4. The molecule has 0 aromatic heterocycles. The predicted molar refractivity (Wildman–Crippen MR) is 116 cm³/mol. The topological polar surface area (TPSA) is 62.9 Å². The summed E-state index contributed by atoms with van der Waals surface area (Å²) in [5.41, 5.74) is 7.33. The van der Waals surface area contributed by atoms with E-state index in [9.17, 15) is 0 Å². The number of hydrogen-bond acceptors (Lipinski definition) is 3. The molecule has 0 saturated carbocycles. The maximum absolute atomic E-state index is 6.05. The lowest BCUT2D eigenvalue weighted by Crippen LogP contribution is -2.40. The molecule has 1 aromatic carbocycles. The molecule has 0 amide bonds. The molecular formula is C19H33IN4O. The molecule has 3 N–H and O–H groups in total. The molecule has 5 nitrogen and oxygen atoms in total. The second kappa shape index (κ2) is 11.6. The van der Waals surface area contributed by atoms with Gasteiger partial charge in [-0.3, -0.25) is 9.89 Å². The van der Waals surface area contributed by atoms with Crippen molar-refractivity contribution in [1.82, 2.24) is 10.2 Å². The number of guanidine groups is 1. The minimum atomic E-state index is 0. The highest BCUT2D eigenvalue weighted by Gasteiger charge is 2.22. The van der Waals surface area contributed by atoms with Crippen LogP contribution in [0.15, 0.2) is 29.3 Å². The van der Waals surface area contributed by atoms with E-state index in [-0.39, 0.29) is 30.0 Å². The van der Waals surface area contributed by atoms with Crippen LogP contribution in [0, 0.1) is 0 Å². The number of aliphatic imine (C=N–C) groups is 1. The number of benzene rings is 1. The van der Waals surface area contributed by atoms with Gasteiger partial charge in [0.1, 0.15) is 5.75 Å². The number of piperidine rings is 1. The molecule has 142 valence electrons. The molecule has 0 radical (unpaired) electrons. The van der Waals surface area contributed by atoms with Crippen LogP contribution in [0.2, 0.25) is 0 Å². The van der Waals surface area contributed by atoms with E-state index >= 15 is 0 Å². The molecule has 1 saturated heterocycles. The third kappa shape index (κ3) is 7.01. The SMILES string of the molecule is CCC(C)NC(N)=NCC(c1ccc(OC)cc1)N1CCCCC1.I. The van der Waals surface area contributed by atoms with Crippen LogP contribution in [0.3, 0.4) is 0 Å². The van der Waals surface area contributed by atoms with E-state index in [2.05, 4.69) is 41.2 Å². The number of likely N-dealkylation sites (tertiary alicyclic amines) is 1. The number of methoxy groups -OCH3 is 1. The van der Waals surface area contributed by atoms with Crippen molar-refractivity contribution in [3.8, 4) is 5.75 Å². The van der Waals surface area contributed by atoms with Crippen molar-refractivity contribution in [3.63, 3.8) is 0 Å². The summed E-state index contributed by atoms with van der Waals surface area (Å²) in [5, 5.41) is 3.25. The standard InChI is InChI=1S/C19H32N4O.HI/c1-4-15(2)22-19(20)21-14-18(23-12-6-5-7-13-23)16-8-10-17(24-3)11-9-16;/h8-11,15,18H,4-7,12-14H2,1-3H3,(H3,20,21,22);1H. The fourth-order valence-corrected chi connectivity index (χ4v) is 3.07. The number of nitrogens with two attached hydrogens (primary N) is 1. The summed E-state index contributed by atoms with van der Waals surface area (Å²) in [6, 6.07) is 8.96. The van der Waals surface area contributed by atoms with Crippen LogP contribution in [0.25, 0.3) is 0 Å². The molecule has 1 aliphatic heterocycles. The summed E-state index contributed by atoms with van der Waals surface area (Å²) < 4.78 is 5.28. The number of nitrogens with zero attached hydrogens (tertiary/aromatic N) is 2. The maximum Gasteiger partial charge on any atom is 0.188 e. The smallest absolute Gasteiger partial charge is 0.188 e. The first-order chi connectivity index (χ1) is 11.6. The Labute approximate surface area is 169 Å². The lowest BCUT2D eigenvalue weighted by molar-refractivity contribution is 0.167. The van der Waals surface area contributed by atoms with Gasteiger partial charge in [0.2, 0.25) is 0 Å². The minimum absolute atomic E-state index is 0. The third-order valence-corrected chi connectivity index (χ3v) is 4.77. The van der Waals surface area contributed by atoms with E-state index in [4.69, 9.17) is 10.5 Å². The van der Waals surface area contributed by atoms with Crippen LogP contribution in [-0.2, 0) is 0 Å². The van der Waals surface area contributed by atoms with E-state index in [1.807, 2.05) is 12.1 Å². The van der Waals surface area contributed by atoms with E-state index in [0.717, 1.165) is 25.3 Å². The average molecular weight is 460 g/mol. The first-order valence-corrected chi connectivity index (χ1v) is 9.08. The van der Waals surface area contributed by atoms with Crippen molar-refractivity contribution in [3.05, 3.63) is 29.8 Å². The van der Waals surface area contributed by atoms with Crippen LogP contribution in [0.4, 0.5) is 0 Å². The summed E-state index contributed by atoms with van der Waals surface area (Å²) in [6.45, 7) is 7.20. The monoisotopic (exact) mass is 460 g/mol. The van der Waals surface area contributed by atoms with Crippen molar-refractivity contribution in [2.75, 3.05) is 26.7 Å². The molecule has 1 heterocycles. The quantitative estimate of drug-likeness (QED) is 0.371. The molecular weight excluding hydrogens is 427 g/mol. The van der Waals surface area contributed by atoms with Gasteiger partial charge in [-0.2, -0.15) is 0 Å². The Kier molecular flexibility index (Phi) is 10.2. The second-order valence-electron chi connectivity index (χ2n) is 6.57. The van der Waals surface area contributed by atoms with Gasteiger partial charge in [0, 0.05) is 6.04 Å². The fourth-order valence-electron chi connectivity index (χ4n) is 3.07. The van der Waals surface area contributed by atoms with Gasteiger partial charge in [-0.05, 0) is 57.0 Å². The van der Waals surface area contributed by atoms with Crippen molar-refractivity contribution >= 4 is 29.9 Å². The van der Waals surface area contributed by atoms with Crippen molar-refractivity contribution < 1.29 is 4.74 Å². The largest absolute Gasteiger partial charge is 0.497 e. The molecule has 0 spiro atoms. The van der Waals surface area contributed by atoms with Crippen LogP contribution in [0.5, 0.6) is 5.75 Å². The molecule has 0 bridgehead atoms. The molecule has 1 aliphatic rings. The molecule has 2 unspecified atom stereocenters. The zero-order valence-electron chi connectivity index (χ0n) is 15.7. The Morgan fingerprint density at radius 1 is 1.24 bits per heavy atom. The lowest BCUT2D eigenvalue weighted by Gasteiger charge is -2.34. The average Bonchev–Trinajstić information content (AvgIpc) is 2.63. The molecule has 25 heavy (non-hydrogen) atoms. The number of ether oxygens (including phenoxy) is 1. The summed E-state index contributed by atoms with van der Waals surface area (Å²) >= 11 is 0. The molecule has 2 rings (SSSR count). The normalized spacial score (nSPS) is 18.1. The van der Waals surface area contributed by atoms with Gasteiger partial charge in [0.15, 0.2) is 5.96 Å². The van der Waals surface area contributed by atoms with Gasteiger partial charge in [-0.1, -0.05) is 25.5 Å². The molecule has 2 atom stereocenters. The predicted octanol–water partition coefficient (Wildman–Crippen LogP) is 3.54. The Morgan fingerprint density at radius 2 is 1.88 bits per heavy atom. The van der Waals surface area contributed by atoms with Crippen molar-refractivity contribution in [1.29, 1.82) is 0 Å². The Morgan fingerprint density at radius 3 is 2.44 bits per heavy atom. The fraction of sp³-hybridized carbons (Fsp3) is 0.632. The number of halogens is 1. The summed E-state index contributed by atoms with van der Waals surface area (Å²) in [5.74, 6) is 1.43. The summed E-state index contributed by atoms with van der Waals surface area (Å²) in [6.07, 6.45) is 4.88. The minimum Gasteiger partial charge on any atom is -0.497 e. The van der Waals surface area contributed by atoms with Crippen LogP contribution >= 0.6 is 24.0 Å². The Balaban J connectivity index is 0.00000312. The Hall–Kier alpha value is -1.02. The highest BCUT2D eigenvalue weighted by atomic mass is 127. The van der Waals surface area contributed by atoms with Gasteiger partial charge >= 0.3 is 0 Å². The van der Waals surface area contributed by atoms with Gasteiger partial charge in [0.05, 0.1) is 19.7 Å². The molecule has 1 fully saturated rings. The van der Waals surface area contributed by atoms with Crippen LogP contribution < -0.4 is 15.8 Å². The molecule has 1 aromatic rings. The van der Waals surface area contributed by atoms with Crippen molar-refractivity contribution in [2.24, 2.45) is 10.7 Å². The lowest BCUT2D eigenvalue weighted by atomic mass is 10.0. The first kappa shape index (κ1) is 22.0. The van der Waals surface area contributed by atoms with Crippen molar-refractivity contribution in [2.45, 2.75) is 51.6 Å². The summed E-state index contributed by atoms with van der Waals surface area (Å²) in [4.78, 5) is 7.15. The van der Waals surface area contributed by atoms with E-state index < -0.39 is 0 Å². The maximum atomic E-state index is 6.05. The summed E-state index contributed by atoms with van der Waals surface area (Å²) in [7, 11) is 1.70. The highest BCUT2D eigenvalue weighted by molar-refractivity contribution is 14.0. The van der Waals surface area contributed by atoms with Gasteiger partial charge in [-0.15, -0.1) is 24.0 Å². The van der Waals surface area contributed by atoms with Crippen LogP contribution in [-0.4, -0.2) is 43.6 Å². The molecule has 0 aliphatic carbocycles. The number of hydrogen-bond donors (Lipinski definition) is 2. The second-order valence-corrected chi connectivity index (χ2v) is 6.57. The molecule has 6 heteroatoms. The third-order valence-electron chi connectivity index (χ3n) is 4.77. The van der Waals surface area contributed by atoms with Gasteiger partial charge in [0.25, 0.3) is 0 Å².